The van der Waals surface area contributed by atoms with Gasteiger partial charge >= 0.3 is 0 Å². The summed E-state index contributed by atoms with van der Waals surface area (Å²) >= 11 is 2.04. The standard InChI is InChI=1S/C33H39IN2O7/c1-43-28-15-19(14-25(34)31(28)40)13-20(26-9-5-6-12-35-26)10-11-27(39)29-21(17-37)16-23-30(24(29)18-38)33(42)36(32(23)41)22-7-3-2-4-8-22/h5-6,9,12-15,22-24,27,30,37-40H,2-4,7-8,10-11,16-18H2,1H3/b20-13-/t23-,24+,27-,30-/m1/s1. The van der Waals surface area contributed by atoms with E-state index < -0.39 is 30.5 Å². The number of hydrogen-bond donors (Lipinski definition) is 4. The first-order valence-corrected chi connectivity index (χ1v) is 16.0. The van der Waals surface area contributed by atoms with E-state index in [1.165, 1.54) is 12.0 Å². The highest BCUT2D eigenvalue weighted by Gasteiger charge is 2.56. The molecule has 4 atom stereocenters. The SMILES string of the molecule is COc1cc(/C=C(/CC[C@@H](O)C2=C(CO)C[C@H]3C(=O)N(C4CCCCC4)C(=O)[C@H]3[C@H]2CO)c2ccccn2)cc(I)c1O. The number of benzene rings is 1. The first-order chi connectivity index (χ1) is 20.8. The van der Waals surface area contributed by atoms with Crippen LogP contribution in [0.25, 0.3) is 11.6 Å². The number of imide groups is 1. The molecule has 2 amide bonds. The van der Waals surface area contributed by atoms with Gasteiger partial charge in [0.15, 0.2) is 11.5 Å². The van der Waals surface area contributed by atoms with Crippen LogP contribution >= 0.6 is 22.6 Å². The number of amides is 2. The van der Waals surface area contributed by atoms with Gasteiger partial charge in [-0.15, -0.1) is 0 Å². The van der Waals surface area contributed by atoms with Crippen LogP contribution in [0.5, 0.6) is 11.5 Å². The smallest absolute Gasteiger partial charge is 0.234 e. The van der Waals surface area contributed by atoms with Crippen molar-refractivity contribution >= 4 is 46.1 Å². The molecule has 2 aliphatic carbocycles. The van der Waals surface area contributed by atoms with Crippen molar-refractivity contribution in [3.63, 3.8) is 0 Å². The molecule has 1 aliphatic heterocycles. The number of aromatic hydroxyl groups is 1. The second-order valence-corrected chi connectivity index (χ2v) is 12.8. The van der Waals surface area contributed by atoms with Crippen molar-refractivity contribution in [1.82, 2.24) is 9.88 Å². The minimum atomic E-state index is -1.05. The molecule has 1 saturated carbocycles. The van der Waals surface area contributed by atoms with Gasteiger partial charge < -0.3 is 25.2 Å². The van der Waals surface area contributed by atoms with Crippen molar-refractivity contribution in [3.05, 3.63) is 62.5 Å². The monoisotopic (exact) mass is 702 g/mol. The Morgan fingerprint density at radius 3 is 2.58 bits per heavy atom. The molecular formula is C33H39IN2O7. The van der Waals surface area contributed by atoms with Gasteiger partial charge in [0.2, 0.25) is 11.8 Å². The number of phenolic OH excluding ortho intramolecular Hbond substituents is 1. The minimum Gasteiger partial charge on any atom is -0.504 e. The predicted octanol–water partition coefficient (Wildman–Crippen LogP) is 4.32. The molecule has 1 saturated heterocycles. The Bertz CT molecular complexity index is 1400. The molecule has 4 N–H and O–H groups in total. The summed E-state index contributed by atoms with van der Waals surface area (Å²) in [6, 6.07) is 9.02. The molecule has 0 bridgehead atoms. The van der Waals surface area contributed by atoms with Crippen LogP contribution in [0.2, 0.25) is 0 Å². The van der Waals surface area contributed by atoms with E-state index in [1.807, 2.05) is 52.9 Å². The van der Waals surface area contributed by atoms with Crippen LogP contribution in [0.15, 0.2) is 47.7 Å². The molecule has 2 heterocycles. The molecule has 43 heavy (non-hydrogen) atoms. The summed E-state index contributed by atoms with van der Waals surface area (Å²) in [6.07, 6.45) is 8.07. The zero-order chi connectivity index (χ0) is 30.7. The summed E-state index contributed by atoms with van der Waals surface area (Å²) in [5.41, 5.74) is 3.34. The van der Waals surface area contributed by atoms with Gasteiger partial charge in [0.1, 0.15) is 0 Å². The quantitative estimate of drug-likeness (QED) is 0.163. The Kier molecular flexibility index (Phi) is 10.2. The van der Waals surface area contributed by atoms with Crippen LogP contribution in [0.1, 0.15) is 62.6 Å². The van der Waals surface area contributed by atoms with Crippen LogP contribution in [-0.2, 0) is 9.59 Å². The Morgan fingerprint density at radius 1 is 1.16 bits per heavy atom. The second-order valence-electron chi connectivity index (χ2n) is 11.7. The zero-order valence-corrected chi connectivity index (χ0v) is 26.4. The molecule has 0 unspecified atom stereocenters. The Hall–Kier alpha value is -2.80. The van der Waals surface area contributed by atoms with Gasteiger partial charge in [0, 0.05) is 18.2 Å². The van der Waals surface area contributed by atoms with Crippen molar-refractivity contribution in [2.75, 3.05) is 20.3 Å². The third kappa shape index (κ3) is 6.38. The normalized spacial score (nSPS) is 24.0. The molecule has 2 aromatic rings. The van der Waals surface area contributed by atoms with E-state index in [0.717, 1.165) is 48.9 Å². The van der Waals surface area contributed by atoms with Crippen molar-refractivity contribution in [1.29, 1.82) is 0 Å². The van der Waals surface area contributed by atoms with Crippen molar-refractivity contribution in [2.24, 2.45) is 17.8 Å². The first-order valence-electron chi connectivity index (χ1n) is 15.0. The van der Waals surface area contributed by atoms with Crippen LogP contribution in [0.4, 0.5) is 0 Å². The number of likely N-dealkylation sites (tertiary alicyclic amines) is 1. The lowest BCUT2D eigenvalue weighted by Gasteiger charge is -2.36. The summed E-state index contributed by atoms with van der Waals surface area (Å²) in [5.74, 6) is -2.17. The highest BCUT2D eigenvalue weighted by atomic mass is 127. The maximum atomic E-state index is 13.7. The highest BCUT2D eigenvalue weighted by molar-refractivity contribution is 14.1. The number of hydrogen-bond acceptors (Lipinski definition) is 8. The number of aromatic nitrogens is 1. The number of fused-ring (bicyclic) bond motifs is 1. The maximum absolute atomic E-state index is 13.7. The maximum Gasteiger partial charge on any atom is 0.234 e. The third-order valence-electron chi connectivity index (χ3n) is 9.20. The predicted molar refractivity (Wildman–Crippen MR) is 170 cm³/mol. The number of ether oxygens (including phenoxy) is 1. The molecule has 9 nitrogen and oxygen atoms in total. The molecule has 1 aromatic carbocycles. The Labute approximate surface area is 265 Å². The summed E-state index contributed by atoms with van der Waals surface area (Å²) in [7, 11) is 1.49. The lowest BCUT2D eigenvalue weighted by Crippen LogP contribution is -2.42. The van der Waals surface area contributed by atoms with Crippen molar-refractivity contribution in [3.8, 4) is 11.5 Å². The molecule has 230 valence electrons. The van der Waals surface area contributed by atoms with E-state index in [4.69, 9.17) is 4.74 Å². The topological polar surface area (TPSA) is 140 Å². The van der Waals surface area contributed by atoms with E-state index >= 15 is 0 Å². The Morgan fingerprint density at radius 2 is 1.93 bits per heavy atom. The average Bonchev–Trinajstić information content (AvgIpc) is 3.29. The molecule has 0 spiro atoms. The fraction of sp³-hybridized carbons (Fsp3) is 0.485. The van der Waals surface area contributed by atoms with Gasteiger partial charge in [0.05, 0.1) is 47.5 Å². The van der Waals surface area contributed by atoms with Crippen LogP contribution in [-0.4, -0.2) is 74.6 Å². The number of aliphatic hydroxyl groups excluding tert-OH is 3. The van der Waals surface area contributed by atoms with Gasteiger partial charge in [-0.05, 0) is 107 Å². The number of pyridine rings is 1. The zero-order valence-electron chi connectivity index (χ0n) is 24.3. The number of methoxy groups -OCH3 is 1. The Balaban J connectivity index is 1.42. The van der Waals surface area contributed by atoms with Crippen LogP contribution in [0, 0.1) is 21.3 Å². The summed E-state index contributed by atoms with van der Waals surface area (Å²) in [6.45, 7) is -0.755. The first kappa shape index (κ1) is 31.6. The number of carbonyl (C=O) groups is 2. The molecule has 10 heteroatoms. The van der Waals surface area contributed by atoms with E-state index in [1.54, 1.807) is 12.3 Å². The molecular weight excluding hydrogens is 663 g/mol. The van der Waals surface area contributed by atoms with Crippen LogP contribution in [0.3, 0.4) is 0 Å². The number of allylic oxidation sites excluding steroid dienone is 1. The number of halogens is 1. The van der Waals surface area contributed by atoms with Crippen molar-refractivity contribution < 1.29 is 34.8 Å². The highest BCUT2D eigenvalue weighted by Crippen LogP contribution is 2.47. The molecule has 5 rings (SSSR count). The summed E-state index contributed by atoms with van der Waals surface area (Å²) < 4.78 is 5.96. The number of nitrogens with zero attached hydrogens (tertiary/aromatic N) is 2. The fourth-order valence-corrected chi connectivity index (χ4v) is 7.76. The van der Waals surface area contributed by atoms with E-state index in [-0.39, 0.29) is 43.1 Å². The molecule has 3 aliphatic rings. The fourth-order valence-electron chi connectivity index (χ4n) is 7.14. The molecule has 0 radical (unpaired) electrons. The summed E-state index contributed by atoms with van der Waals surface area (Å²) in [4.78, 5) is 33.2. The van der Waals surface area contributed by atoms with E-state index in [9.17, 15) is 30.0 Å². The minimum absolute atomic E-state index is 0.0613. The largest absolute Gasteiger partial charge is 0.504 e. The van der Waals surface area contributed by atoms with Crippen LogP contribution < -0.4 is 4.74 Å². The average molecular weight is 703 g/mol. The van der Waals surface area contributed by atoms with Gasteiger partial charge in [-0.3, -0.25) is 19.5 Å². The third-order valence-corrected chi connectivity index (χ3v) is 10.0. The van der Waals surface area contributed by atoms with Gasteiger partial charge in [0.25, 0.3) is 0 Å². The second kappa shape index (κ2) is 13.9. The molecule has 2 fully saturated rings. The lowest BCUT2D eigenvalue weighted by atomic mass is 9.68. The van der Waals surface area contributed by atoms with E-state index in [0.29, 0.717) is 26.9 Å². The lowest BCUT2D eigenvalue weighted by molar-refractivity contribution is -0.143. The van der Waals surface area contributed by atoms with Gasteiger partial charge in [-0.25, -0.2) is 0 Å². The molecule has 1 aromatic heterocycles. The van der Waals surface area contributed by atoms with E-state index in [2.05, 4.69) is 4.98 Å². The number of phenols is 1. The number of rotatable bonds is 10. The van der Waals surface area contributed by atoms with Gasteiger partial charge in [-0.2, -0.15) is 0 Å². The van der Waals surface area contributed by atoms with Crippen molar-refractivity contribution in [2.45, 2.75) is 63.5 Å². The van der Waals surface area contributed by atoms with Gasteiger partial charge in [-0.1, -0.05) is 25.3 Å². The summed E-state index contributed by atoms with van der Waals surface area (Å²) in [5, 5.41) is 42.8. The number of carbonyl (C=O) groups excluding carboxylic acids is 2. The number of aliphatic hydroxyl groups is 3.